The Kier molecular flexibility index (Phi) is 4.67. The van der Waals surface area contributed by atoms with Crippen LogP contribution in [-0.2, 0) is 16.6 Å². The number of nitrogens with one attached hydrogen (secondary N) is 1. The molecule has 1 heterocycles. The second-order valence-electron chi connectivity index (χ2n) is 3.96. The van der Waals surface area contributed by atoms with Crippen molar-refractivity contribution >= 4 is 10.0 Å². The molecule has 0 atom stereocenters. The third-order valence-corrected chi connectivity index (χ3v) is 4.67. The number of aliphatic hydroxyl groups is 1. The van der Waals surface area contributed by atoms with Crippen molar-refractivity contribution in [3.05, 3.63) is 11.4 Å². The van der Waals surface area contributed by atoms with Crippen molar-refractivity contribution in [3.63, 3.8) is 0 Å². The molecule has 0 aliphatic heterocycles. The smallest absolute Gasteiger partial charge is 0.246 e. The van der Waals surface area contributed by atoms with Crippen LogP contribution in [0.2, 0.25) is 0 Å². The summed E-state index contributed by atoms with van der Waals surface area (Å²) in [6.07, 6.45) is 1.73. The molecule has 0 spiro atoms. The highest BCUT2D eigenvalue weighted by Gasteiger charge is 2.27. The van der Waals surface area contributed by atoms with Crippen molar-refractivity contribution in [3.8, 4) is 0 Å². The van der Waals surface area contributed by atoms with Crippen LogP contribution in [0.4, 0.5) is 0 Å². The third kappa shape index (κ3) is 2.85. The van der Waals surface area contributed by atoms with E-state index in [0.29, 0.717) is 12.2 Å². The zero-order valence-corrected chi connectivity index (χ0v) is 11.2. The number of aromatic nitrogens is 2. The molecule has 0 saturated carbocycles. The maximum absolute atomic E-state index is 12.3. The second-order valence-corrected chi connectivity index (χ2v) is 5.94. The molecule has 98 valence electrons. The van der Waals surface area contributed by atoms with Crippen molar-refractivity contribution < 1.29 is 13.5 Å². The molecule has 1 aromatic heterocycles. The molecule has 0 aromatic carbocycles. The van der Waals surface area contributed by atoms with Crippen LogP contribution in [-0.4, -0.2) is 41.6 Å². The first-order chi connectivity index (χ1) is 7.95. The fourth-order valence-electron chi connectivity index (χ4n) is 1.58. The van der Waals surface area contributed by atoms with Crippen LogP contribution in [0.3, 0.4) is 0 Å². The first-order valence-corrected chi connectivity index (χ1v) is 7.00. The number of hydrogen-bond acceptors (Lipinski definition) is 4. The largest absolute Gasteiger partial charge is 0.390 e. The first kappa shape index (κ1) is 14.1. The van der Waals surface area contributed by atoms with Gasteiger partial charge in [-0.15, -0.1) is 0 Å². The van der Waals surface area contributed by atoms with Gasteiger partial charge in [-0.05, 0) is 13.3 Å². The monoisotopic (exact) mass is 261 g/mol. The molecule has 1 aromatic rings. The Morgan fingerprint density at radius 1 is 1.47 bits per heavy atom. The van der Waals surface area contributed by atoms with E-state index in [9.17, 15) is 8.42 Å². The molecule has 0 amide bonds. The highest BCUT2D eigenvalue weighted by Crippen LogP contribution is 2.21. The van der Waals surface area contributed by atoms with Crippen LogP contribution in [0.15, 0.2) is 4.90 Å². The molecular formula is C10H19N3O3S. The SMILES string of the molecule is CCCCN(C)S(=O)(=O)c1c(CO)n[nH]c1C. The van der Waals surface area contributed by atoms with Gasteiger partial charge in [0.1, 0.15) is 10.6 Å². The molecule has 0 fully saturated rings. The van der Waals surface area contributed by atoms with Gasteiger partial charge in [-0.1, -0.05) is 13.3 Å². The molecule has 0 aliphatic rings. The number of rotatable bonds is 6. The number of aliphatic hydroxyl groups excluding tert-OH is 1. The normalized spacial score (nSPS) is 12.3. The average molecular weight is 261 g/mol. The second kappa shape index (κ2) is 5.61. The summed E-state index contributed by atoms with van der Waals surface area (Å²) in [7, 11) is -2.02. The lowest BCUT2D eigenvalue weighted by Gasteiger charge is -2.16. The van der Waals surface area contributed by atoms with E-state index in [1.165, 1.54) is 4.31 Å². The molecular weight excluding hydrogens is 242 g/mol. The van der Waals surface area contributed by atoms with Gasteiger partial charge in [-0.3, -0.25) is 5.10 Å². The predicted molar refractivity (Wildman–Crippen MR) is 64.0 cm³/mol. The van der Waals surface area contributed by atoms with Gasteiger partial charge < -0.3 is 5.11 Å². The van der Waals surface area contributed by atoms with E-state index < -0.39 is 10.0 Å². The highest BCUT2D eigenvalue weighted by molar-refractivity contribution is 7.89. The zero-order chi connectivity index (χ0) is 13.1. The summed E-state index contributed by atoms with van der Waals surface area (Å²) < 4.78 is 25.8. The molecule has 7 heteroatoms. The minimum Gasteiger partial charge on any atom is -0.390 e. The number of aromatic amines is 1. The van der Waals surface area contributed by atoms with Gasteiger partial charge in [0.25, 0.3) is 0 Å². The number of sulfonamides is 1. The summed E-state index contributed by atoms with van der Waals surface area (Å²) in [6.45, 7) is 3.71. The van der Waals surface area contributed by atoms with Crippen LogP contribution in [0.5, 0.6) is 0 Å². The summed E-state index contributed by atoms with van der Waals surface area (Å²) >= 11 is 0. The van der Waals surface area contributed by atoms with Crippen molar-refractivity contribution in [2.24, 2.45) is 0 Å². The Labute approximate surface area is 102 Å². The van der Waals surface area contributed by atoms with Crippen LogP contribution >= 0.6 is 0 Å². The van der Waals surface area contributed by atoms with Gasteiger partial charge in [0.2, 0.25) is 10.0 Å². The molecule has 2 N–H and O–H groups in total. The highest BCUT2D eigenvalue weighted by atomic mass is 32.2. The number of hydrogen-bond donors (Lipinski definition) is 2. The molecule has 1 rings (SSSR count). The maximum atomic E-state index is 12.3. The van der Waals surface area contributed by atoms with E-state index in [1.807, 2.05) is 6.92 Å². The number of unbranched alkanes of at least 4 members (excludes halogenated alkanes) is 1. The minimum absolute atomic E-state index is 0.0959. The first-order valence-electron chi connectivity index (χ1n) is 5.56. The minimum atomic E-state index is -3.56. The standard InChI is InChI=1S/C10H19N3O3S/c1-4-5-6-13(3)17(15,16)10-8(2)11-12-9(10)7-14/h14H,4-7H2,1-3H3,(H,11,12). The zero-order valence-electron chi connectivity index (χ0n) is 10.4. The molecule has 0 unspecified atom stereocenters. The molecule has 0 saturated heterocycles. The lowest BCUT2D eigenvalue weighted by Crippen LogP contribution is -2.29. The number of H-pyrrole nitrogens is 1. The Morgan fingerprint density at radius 2 is 2.12 bits per heavy atom. The van der Waals surface area contributed by atoms with Gasteiger partial charge in [0.05, 0.1) is 12.3 Å². The molecule has 6 nitrogen and oxygen atoms in total. The quantitative estimate of drug-likeness (QED) is 0.786. The van der Waals surface area contributed by atoms with E-state index in [4.69, 9.17) is 5.11 Å². The fraction of sp³-hybridized carbons (Fsp3) is 0.700. The van der Waals surface area contributed by atoms with Crippen molar-refractivity contribution in [2.75, 3.05) is 13.6 Å². The van der Waals surface area contributed by atoms with Crippen molar-refractivity contribution in [1.29, 1.82) is 0 Å². The molecule has 17 heavy (non-hydrogen) atoms. The predicted octanol–water partition coefficient (Wildman–Crippen LogP) is 0.631. The van der Waals surface area contributed by atoms with Crippen molar-refractivity contribution in [2.45, 2.75) is 38.2 Å². The topological polar surface area (TPSA) is 86.3 Å². The lowest BCUT2D eigenvalue weighted by atomic mass is 10.3. The Balaban J connectivity index is 3.08. The van der Waals surface area contributed by atoms with Crippen LogP contribution in [0.1, 0.15) is 31.2 Å². The summed E-state index contributed by atoms with van der Waals surface area (Å²) in [5, 5.41) is 15.5. The van der Waals surface area contributed by atoms with Gasteiger partial charge in [0.15, 0.2) is 0 Å². The van der Waals surface area contributed by atoms with Crippen LogP contribution < -0.4 is 0 Å². The van der Waals surface area contributed by atoms with Gasteiger partial charge in [-0.25, -0.2) is 12.7 Å². The molecule has 0 bridgehead atoms. The van der Waals surface area contributed by atoms with Gasteiger partial charge in [-0.2, -0.15) is 5.10 Å². The molecule has 0 radical (unpaired) electrons. The Hall–Kier alpha value is -0.920. The molecule has 0 aliphatic carbocycles. The van der Waals surface area contributed by atoms with Gasteiger partial charge in [0, 0.05) is 13.6 Å². The Bertz CT molecular complexity index is 467. The van der Waals surface area contributed by atoms with Crippen LogP contribution in [0.25, 0.3) is 0 Å². The van der Waals surface area contributed by atoms with Crippen molar-refractivity contribution in [1.82, 2.24) is 14.5 Å². The number of nitrogens with zero attached hydrogens (tertiary/aromatic N) is 2. The van der Waals surface area contributed by atoms with E-state index in [2.05, 4.69) is 10.2 Å². The van der Waals surface area contributed by atoms with E-state index in [-0.39, 0.29) is 17.2 Å². The van der Waals surface area contributed by atoms with E-state index in [0.717, 1.165) is 12.8 Å². The summed E-state index contributed by atoms with van der Waals surface area (Å²) in [5.74, 6) is 0. The van der Waals surface area contributed by atoms with Gasteiger partial charge >= 0.3 is 0 Å². The summed E-state index contributed by atoms with van der Waals surface area (Å²) in [4.78, 5) is 0.0959. The lowest BCUT2D eigenvalue weighted by molar-refractivity contribution is 0.273. The summed E-state index contributed by atoms with van der Waals surface area (Å²) in [6, 6.07) is 0. The Morgan fingerprint density at radius 3 is 2.65 bits per heavy atom. The van der Waals surface area contributed by atoms with E-state index in [1.54, 1.807) is 14.0 Å². The maximum Gasteiger partial charge on any atom is 0.246 e. The van der Waals surface area contributed by atoms with E-state index >= 15 is 0 Å². The van der Waals surface area contributed by atoms with Crippen LogP contribution in [0, 0.1) is 6.92 Å². The third-order valence-electron chi connectivity index (χ3n) is 2.61. The summed E-state index contributed by atoms with van der Waals surface area (Å²) in [5.41, 5.74) is 0.628. The fourth-order valence-corrected chi connectivity index (χ4v) is 3.10. The average Bonchev–Trinajstić information content (AvgIpc) is 2.67. The number of aryl methyl sites for hydroxylation is 1.